The van der Waals surface area contributed by atoms with Gasteiger partial charge in [0.25, 0.3) is 0 Å². The van der Waals surface area contributed by atoms with Gasteiger partial charge in [0.2, 0.25) is 0 Å². The molecule has 0 radical (unpaired) electrons. The fourth-order valence-corrected chi connectivity index (χ4v) is 8.40. The van der Waals surface area contributed by atoms with E-state index < -0.39 is 13.8 Å². The van der Waals surface area contributed by atoms with E-state index in [1.165, 1.54) is 106 Å². The molecule has 308 valence electrons. The molecule has 1 rings (SSSR count). The summed E-state index contributed by atoms with van der Waals surface area (Å²) < 4.78 is 35.5. The van der Waals surface area contributed by atoms with E-state index in [-0.39, 0.29) is 30.5 Å². The molecular weight excluding hydrogens is 759 g/mol. The molecule has 0 saturated heterocycles. The van der Waals surface area contributed by atoms with E-state index in [1.54, 1.807) is 0 Å². The minimum absolute atomic E-state index is 0.0180. The number of rotatable bonds is 30. The molecule has 1 aliphatic rings. The Hall–Kier alpha value is -1.76. The first kappa shape index (κ1) is 50.3. The highest BCUT2D eigenvalue weighted by atomic mass is 79.9. The molecular formula is C46H76BrO6P. The van der Waals surface area contributed by atoms with Crippen LogP contribution in [0.5, 0.6) is 0 Å². The summed E-state index contributed by atoms with van der Waals surface area (Å²) in [7, 11) is -3.90. The van der Waals surface area contributed by atoms with Crippen LogP contribution in [0.15, 0.2) is 83.2 Å². The van der Waals surface area contributed by atoms with Gasteiger partial charge >= 0.3 is 13.8 Å². The van der Waals surface area contributed by atoms with Gasteiger partial charge in [-0.2, -0.15) is 0 Å². The molecule has 0 aliphatic heterocycles. The first-order chi connectivity index (χ1) is 25.6. The Kier molecular flexibility index (Phi) is 26.6. The highest BCUT2D eigenvalue weighted by Gasteiger charge is 2.30. The third-order valence-electron chi connectivity index (χ3n) is 10.2. The van der Waals surface area contributed by atoms with Crippen LogP contribution in [0.3, 0.4) is 0 Å². The normalized spacial score (nSPS) is 17.6. The number of esters is 1. The van der Waals surface area contributed by atoms with Crippen LogP contribution in [-0.4, -0.2) is 30.6 Å². The van der Waals surface area contributed by atoms with E-state index >= 15 is 0 Å². The first-order valence-corrected chi connectivity index (χ1v) is 23.3. The summed E-state index contributed by atoms with van der Waals surface area (Å²) in [6.45, 7) is 25.2. The zero-order chi connectivity index (χ0) is 40.4. The van der Waals surface area contributed by atoms with E-state index in [0.29, 0.717) is 5.33 Å². The Bertz CT molecular complexity index is 1340. The van der Waals surface area contributed by atoms with Crippen LogP contribution in [0.25, 0.3) is 0 Å². The summed E-state index contributed by atoms with van der Waals surface area (Å²) in [5.74, 6) is 0.273. The lowest BCUT2D eigenvalue weighted by atomic mass is 9.72. The number of phosphoric acid groups is 1. The Morgan fingerprint density at radius 3 is 2.20 bits per heavy atom. The second-order valence-electron chi connectivity index (χ2n) is 16.1. The molecule has 0 aromatic carbocycles. The van der Waals surface area contributed by atoms with Crippen LogP contribution in [0.4, 0.5) is 0 Å². The maximum Gasteiger partial charge on any atom is 0.475 e. The SMILES string of the molecule is C=C(CCCCCCCCCC(C)OP(=O)(OCCBr)OCC(=C)OC(=O)C=C(C)C=CC=C(C)C=CC1=C(C)CCCC1(C)C)CCCCC(C)CC. The second-order valence-corrected chi connectivity index (χ2v) is 18.5. The number of allylic oxidation sites excluding steroid dienone is 10. The smallest absolute Gasteiger partial charge is 0.426 e. The van der Waals surface area contributed by atoms with E-state index in [4.69, 9.17) is 18.3 Å². The van der Waals surface area contributed by atoms with Crippen molar-refractivity contribution in [2.24, 2.45) is 11.3 Å². The van der Waals surface area contributed by atoms with E-state index in [1.807, 2.05) is 32.1 Å². The third kappa shape index (κ3) is 24.0. The highest BCUT2D eigenvalue weighted by Crippen LogP contribution is 2.51. The van der Waals surface area contributed by atoms with Crippen LogP contribution in [0, 0.1) is 11.3 Å². The lowest BCUT2D eigenvalue weighted by Gasteiger charge is -2.32. The summed E-state index contributed by atoms with van der Waals surface area (Å²) in [5.41, 5.74) is 6.36. The van der Waals surface area contributed by atoms with Crippen LogP contribution < -0.4 is 0 Å². The quantitative estimate of drug-likeness (QED) is 0.0105. The molecule has 0 aromatic rings. The van der Waals surface area contributed by atoms with Crippen molar-refractivity contribution in [2.45, 2.75) is 171 Å². The van der Waals surface area contributed by atoms with Crippen molar-refractivity contribution in [3.05, 3.63) is 83.2 Å². The molecule has 3 unspecified atom stereocenters. The van der Waals surface area contributed by atoms with Gasteiger partial charge in [-0.25, -0.2) is 9.36 Å². The van der Waals surface area contributed by atoms with Crippen molar-refractivity contribution >= 4 is 29.7 Å². The average Bonchev–Trinajstić information content (AvgIpc) is 3.10. The minimum Gasteiger partial charge on any atom is -0.426 e. The molecule has 0 bridgehead atoms. The molecule has 6 nitrogen and oxygen atoms in total. The molecule has 0 heterocycles. The minimum atomic E-state index is -3.90. The van der Waals surface area contributed by atoms with Gasteiger partial charge in [-0.1, -0.05) is 162 Å². The number of hydrogen-bond acceptors (Lipinski definition) is 6. The van der Waals surface area contributed by atoms with E-state index in [9.17, 15) is 9.36 Å². The third-order valence-corrected chi connectivity index (χ3v) is 12.1. The molecule has 0 amide bonds. The second kappa shape index (κ2) is 28.6. The van der Waals surface area contributed by atoms with Crippen molar-refractivity contribution < 1.29 is 27.7 Å². The van der Waals surface area contributed by atoms with Gasteiger partial charge in [0, 0.05) is 11.4 Å². The fraction of sp³-hybridized carbons (Fsp3) is 0.674. The van der Waals surface area contributed by atoms with Crippen molar-refractivity contribution in [2.75, 3.05) is 18.5 Å². The van der Waals surface area contributed by atoms with Crippen molar-refractivity contribution in [3.63, 3.8) is 0 Å². The zero-order valence-corrected chi connectivity index (χ0v) is 37.9. The number of hydrogen-bond donors (Lipinski definition) is 0. The summed E-state index contributed by atoms with van der Waals surface area (Å²) >= 11 is 3.30. The Balaban J connectivity index is 2.39. The first-order valence-electron chi connectivity index (χ1n) is 20.7. The van der Waals surface area contributed by atoms with Gasteiger partial charge in [-0.05, 0) is 102 Å². The predicted octanol–water partition coefficient (Wildman–Crippen LogP) is 15.2. The maximum atomic E-state index is 13.4. The van der Waals surface area contributed by atoms with Crippen molar-refractivity contribution in [1.29, 1.82) is 0 Å². The molecule has 0 fully saturated rings. The maximum absolute atomic E-state index is 13.4. The lowest BCUT2D eigenvalue weighted by Crippen LogP contribution is -2.19. The van der Waals surface area contributed by atoms with Gasteiger partial charge in [-0.3, -0.25) is 13.6 Å². The van der Waals surface area contributed by atoms with Gasteiger partial charge in [0.15, 0.2) is 0 Å². The van der Waals surface area contributed by atoms with E-state index in [2.05, 4.69) is 82.8 Å². The molecule has 1 aliphatic carbocycles. The van der Waals surface area contributed by atoms with Crippen molar-refractivity contribution in [3.8, 4) is 0 Å². The van der Waals surface area contributed by atoms with Crippen LogP contribution in [0.2, 0.25) is 0 Å². The number of carbonyl (C=O) groups is 1. The number of halogens is 1. The summed E-state index contributed by atoms with van der Waals surface area (Å²) in [6.07, 6.45) is 31.4. The van der Waals surface area contributed by atoms with E-state index in [0.717, 1.165) is 42.7 Å². The average molecular weight is 836 g/mol. The van der Waals surface area contributed by atoms with Gasteiger partial charge in [0.05, 0.1) is 12.7 Å². The van der Waals surface area contributed by atoms with Crippen LogP contribution in [-0.2, 0) is 27.7 Å². The van der Waals surface area contributed by atoms with Gasteiger partial charge in [-0.15, -0.1) is 0 Å². The summed E-state index contributed by atoms with van der Waals surface area (Å²) in [6, 6.07) is 0. The standard InChI is InChI=1S/C46H76BrO6P/c1-11-37(2)23-19-20-25-38(3)24-17-15-13-12-14-16-18-29-42(7)53-54(49,50-34-33-47)51-36-43(8)52-45(48)35-40(5)27-21-26-39(4)30-31-44-41(6)28-22-32-46(44,9)10/h21,26-27,30-31,35,37,42H,3,8,11-20,22-25,28-29,32-34,36H2,1-2,4-7,9-10H3. The Labute approximate surface area is 339 Å². The topological polar surface area (TPSA) is 71.1 Å². The molecule has 0 saturated carbocycles. The predicted molar refractivity (Wildman–Crippen MR) is 234 cm³/mol. The molecule has 8 heteroatoms. The van der Waals surface area contributed by atoms with Gasteiger partial charge < -0.3 is 4.74 Å². The molecule has 0 spiro atoms. The number of unbranched alkanes of at least 4 members (excludes halogenated alkanes) is 7. The van der Waals surface area contributed by atoms with Crippen LogP contribution >= 0.6 is 23.8 Å². The van der Waals surface area contributed by atoms with Gasteiger partial charge in [0.1, 0.15) is 12.4 Å². The van der Waals surface area contributed by atoms with Crippen molar-refractivity contribution in [1.82, 2.24) is 0 Å². The Morgan fingerprint density at radius 2 is 1.56 bits per heavy atom. The molecule has 0 aromatic heterocycles. The van der Waals surface area contributed by atoms with Crippen LogP contribution in [0.1, 0.15) is 165 Å². The molecule has 3 atom stereocenters. The lowest BCUT2D eigenvalue weighted by molar-refractivity contribution is -0.134. The monoisotopic (exact) mass is 834 g/mol. The Morgan fingerprint density at radius 1 is 0.926 bits per heavy atom. The largest absolute Gasteiger partial charge is 0.475 e. The number of phosphoric ester groups is 1. The molecule has 0 N–H and O–H groups in total. The fourth-order valence-electron chi connectivity index (χ4n) is 6.62. The summed E-state index contributed by atoms with van der Waals surface area (Å²) in [5, 5.41) is 0.471. The molecule has 54 heavy (non-hydrogen) atoms. The summed E-state index contributed by atoms with van der Waals surface area (Å²) in [4.78, 5) is 12.5. The highest BCUT2D eigenvalue weighted by molar-refractivity contribution is 9.09. The number of carbonyl (C=O) groups excluding carboxylic acids is 1. The number of alkyl halides is 1. The zero-order valence-electron chi connectivity index (χ0n) is 35.4. The number of ether oxygens (including phenoxy) is 1.